The van der Waals surface area contributed by atoms with Crippen molar-refractivity contribution < 1.29 is 0 Å². The van der Waals surface area contributed by atoms with Gasteiger partial charge in [0, 0.05) is 36.0 Å². The molecule has 3 aromatic rings. The lowest BCUT2D eigenvalue weighted by atomic mass is 10.2. The second-order valence-corrected chi connectivity index (χ2v) is 5.20. The highest BCUT2D eigenvalue weighted by Gasteiger charge is 2.27. The molecule has 0 atom stereocenters. The highest BCUT2D eigenvalue weighted by atomic mass is 35.5. The number of aromatic nitrogens is 4. The molecule has 94 valence electrons. The number of fused-ring (bicyclic) bond motifs is 1. The molecule has 0 radical (unpaired) electrons. The van der Waals surface area contributed by atoms with E-state index in [9.17, 15) is 0 Å². The van der Waals surface area contributed by atoms with Crippen molar-refractivity contribution in [3.05, 3.63) is 47.5 Å². The van der Waals surface area contributed by atoms with E-state index >= 15 is 0 Å². The van der Waals surface area contributed by atoms with Gasteiger partial charge in [0.2, 0.25) is 0 Å². The Morgan fingerprint density at radius 2 is 1.95 bits per heavy atom. The van der Waals surface area contributed by atoms with Crippen LogP contribution in [0.15, 0.2) is 36.7 Å². The van der Waals surface area contributed by atoms with Crippen LogP contribution in [0.25, 0.3) is 16.9 Å². The zero-order valence-corrected chi connectivity index (χ0v) is 10.9. The number of hydrogen-bond donors (Lipinski definition) is 0. The summed E-state index contributed by atoms with van der Waals surface area (Å²) in [6.07, 6.45) is 5.94. The van der Waals surface area contributed by atoms with E-state index in [1.165, 1.54) is 12.8 Å². The van der Waals surface area contributed by atoms with Crippen molar-refractivity contribution in [3.63, 3.8) is 0 Å². The third kappa shape index (κ3) is 1.88. The molecular weight excluding hydrogens is 260 g/mol. The molecule has 0 unspecified atom stereocenters. The number of pyridine rings is 1. The van der Waals surface area contributed by atoms with Gasteiger partial charge in [-0.3, -0.25) is 4.98 Å². The first-order valence-corrected chi connectivity index (χ1v) is 6.66. The van der Waals surface area contributed by atoms with E-state index in [4.69, 9.17) is 11.6 Å². The second-order valence-electron chi connectivity index (χ2n) is 4.81. The first-order chi connectivity index (χ1) is 9.31. The highest BCUT2D eigenvalue weighted by Crippen LogP contribution is 2.39. The van der Waals surface area contributed by atoms with E-state index in [1.807, 2.05) is 24.3 Å². The quantitative estimate of drug-likeness (QED) is 0.671. The normalized spacial score (nSPS) is 15.0. The van der Waals surface area contributed by atoms with Gasteiger partial charge in [-0.15, -0.1) is 0 Å². The van der Waals surface area contributed by atoms with E-state index in [0.717, 1.165) is 22.6 Å². The number of rotatable bonds is 2. The van der Waals surface area contributed by atoms with E-state index in [2.05, 4.69) is 15.1 Å². The average Bonchev–Trinajstić information content (AvgIpc) is 3.20. The van der Waals surface area contributed by atoms with Crippen molar-refractivity contribution in [2.24, 2.45) is 0 Å². The summed E-state index contributed by atoms with van der Waals surface area (Å²) in [4.78, 5) is 8.64. The third-order valence-corrected chi connectivity index (χ3v) is 3.64. The number of nitrogens with zero attached hydrogens (tertiary/aromatic N) is 4. The van der Waals surface area contributed by atoms with Crippen molar-refractivity contribution in [2.45, 2.75) is 18.8 Å². The molecule has 3 aromatic heterocycles. The first-order valence-electron chi connectivity index (χ1n) is 6.28. The summed E-state index contributed by atoms with van der Waals surface area (Å²) in [5, 5.41) is 5.11. The van der Waals surface area contributed by atoms with Crippen molar-refractivity contribution in [1.29, 1.82) is 0 Å². The zero-order valence-electron chi connectivity index (χ0n) is 10.1. The molecule has 0 spiro atoms. The molecule has 0 aromatic carbocycles. The Labute approximate surface area is 115 Å². The fraction of sp³-hybridized carbons (Fsp3) is 0.214. The first kappa shape index (κ1) is 10.9. The van der Waals surface area contributed by atoms with Crippen molar-refractivity contribution in [2.75, 3.05) is 0 Å². The Morgan fingerprint density at radius 3 is 2.68 bits per heavy atom. The van der Waals surface area contributed by atoms with Gasteiger partial charge in [-0.2, -0.15) is 5.10 Å². The minimum absolute atomic E-state index is 0.587. The molecule has 1 fully saturated rings. The second kappa shape index (κ2) is 4.03. The fourth-order valence-corrected chi connectivity index (χ4v) is 2.43. The monoisotopic (exact) mass is 270 g/mol. The summed E-state index contributed by atoms with van der Waals surface area (Å²) in [6.45, 7) is 0. The Hall–Kier alpha value is -1.94. The molecule has 0 amide bonds. The highest BCUT2D eigenvalue weighted by molar-refractivity contribution is 6.30. The molecular formula is C14H11ClN4. The maximum Gasteiger partial charge on any atom is 0.157 e. The van der Waals surface area contributed by atoms with Crippen LogP contribution in [0.4, 0.5) is 0 Å². The van der Waals surface area contributed by atoms with Crippen molar-refractivity contribution >= 4 is 17.2 Å². The smallest absolute Gasteiger partial charge is 0.157 e. The summed E-state index contributed by atoms with van der Waals surface area (Å²) in [5.41, 5.74) is 3.76. The summed E-state index contributed by atoms with van der Waals surface area (Å²) >= 11 is 6.30. The predicted molar refractivity (Wildman–Crippen MR) is 73.2 cm³/mol. The van der Waals surface area contributed by atoms with Gasteiger partial charge in [0.15, 0.2) is 5.65 Å². The summed E-state index contributed by atoms with van der Waals surface area (Å²) in [6, 6.07) is 7.72. The minimum atomic E-state index is 0.587. The molecule has 5 heteroatoms. The minimum Gasteiger partial charge on any atom is -0.265 e. The van der Waals surface area contributed by atoms with Gasteiger partial charge in [-0.05, 0) is 25.0 Å². The molecule has 0 saturated heterocycles. The largest absolute Gasteiger partial charge is 0.265 e. The van der Waals surface area contributed by atoms with Crippen LogP contribution < -0.4 is 0 Å². The lowest BCUT2D eigenvalue weighted by Gasteiger charge is -2.02. The standard InChI is InChI=1S/C14H11ClN4/c15-13-7-11(10-3-5-16-6-4-10)17-14-8-12(9-1-2-9)18-19(13)14/h3-9H,1-2H2. The SMILES string of the molecule is Clc1cc(-c2ccncc2)nc2cc(C3CC3)nn12. The third-order valence-electron chi connectivity index (χ3n) is 3.37. The molecule has 1 aliphatic rings. The molecule has 4 nitrogen and oxygen atoms in total. The average molecular weight is 271 g/mol. The van der Waals surface area contributed by atoms with Gasteiger partial charge < -0.3 is 0 Å². The Balaban J connectivity index is 1.89. The molecule has 0 aliphatic heterocycles. The van der Waals surface area contributed by atoms with Gasteiger partial charge >= 0.3 is 0 Å². The van der Waals surface area contributed by atoms with Gasteiger partial charge in [-0.25, -0.2) is 9.50 Å². The zero-order chi connectivity index (χ0) is 12.8. The number of hydrogen-bond acceptors (Lipinski definition) is 3. The summed E-state index contributed by atoms with van der Waals surface area (Å²) in [5.74, 6) is 0.599. The van der Waals surface area contributed by atoms with E-state index < -0.39 is 0 Å². The van der Waals surface area contributed by atoms with E-state index in [-0.39, 0.29) is 0 Å². The van der Waals surface area contributed by atoms with Gasteiger partial charge in [0.05, 0.1) is 11.4 Å². The van der Waals surface area contributed by atoms with E-state index in [1.54, 1.807) is 16.9 Å². The maximum atomic E-state index is 6.30. The van der Waals surface area contributed by atoms with Gasteiger partial charge in [0.25, 0.3) is 0 Å². The lowest BCUT2D eigenvalue weighted by molar-refractivity contribution is 0.883. The van der Waals surface area contributed by atoms with Crippen molar-refractivity contribution in [3.8, 4) is 11.3 Å². The summed E-state index contributed by atoms with van der Waals surface area (Å²) in [7, 11) is 0. The van der Waals surface area contributed by atoms with Crippen LogP contribution in [0.3, 0.4) is 0 Å². The van der Waals surface area contributed by atoms with Crippen LogP contribution >= 0.6 is 11.6 Å². The molecule has 0 N–H and O–H groups in total. The van der Waals surface area contributed by atoms with Crippen LogP contribution in [0, 0.1) is 0 Å². The Kier molecular flexibility index (Phi) is 2.32. The van der Waals surface area contributed by atoms with Crippen LogP contribution in [0.5, 0.6) is 0 Å². The van der Waals surface area contributed by atoms with Crippen LogP contribution in [0.1, 0.15) is 24.5 Å². The Bertz CT molecular complexity index is 747. The summed E-state index contributed by atoms with van der Waals surface area (Å²) < 4.78 is 1.71. The molecule has 1 aliphatic carbocycles. The topological polar surface area (TPSA) is 43.1 Å². The fourth-order valence-electron chi connectivity index (χ4n) is 2.20. The van der Waals surface area contributed by atoms with Crippen LogP contribution in [-0.4, -0.2) is 19.6 Å². The van der Waals surface area contributed by atoms with E-state index in [0.29, 0.717) is 11.1 Å². The van der Waals surface area contributed by atoms with Crippen LogP contribution in [-0.2, 0) is 0 Å². The lowest BCUT2D eigenvalue weighted by Crippen LogP contribution is -1.94. The maximum absolute atomic E-state index is 6.30. The molecule has 4 rings (SSSR count). The van der Waals surface area contributed by atoms with Gasteiger partial charge in [0.1, 0.15) is 5.15 Å². The molecule has 0 bridgehead atoms. The van der Waals surface area contributed by atoms with Gasteiger partial charge in [-0.1, -0.05) is 11.6 Å². The van der Waals surface area contributed by atoms with Crippen molar-refractivity contribution in [1.82, 2.24) is 19.6 Å². The molecule has 1 saturated carbocycles. The Morgan fingerprint density at radius 1 is 1.16 bits per heavy atom. The van der Waals surface area contributed by atoms with Crippen LogP contribution in [0.2, 0.25) is 5.15 Å². The molecule has 3 heterocycles. The predicted octanol–water partition coefficient (Wildman–Crippen LogP) is 3.32. The number of halogens is 1. The molecule has 19 heavy (non-hydrogen) atoms.